The molecule has 0 aromatic rings. The van der Waals surface area contributed by atoms with E-state index in [1.807, 2.05) is 21.1 Å². The Balaban J connectivity index is 4.26. The van der Waals surface area contributed by atoms with Crippen molar-refractivity contribution < 1.29 is 38.2 Å². The highest BCUT2D eigenvalue weighted by atomic mass is 16.6. The van der Waals surface area contributed by atoms with Crippen molar-refractivity contribution in [1.29, 1.82) is 0 Å². The number of allylic oxidation sites excluding steroid dienone is 2. The molecule has 0 aliphatic heterocycles. The molecule has 2 unspecified atom stereocenters. The van der Waals surface area contributed by atoms with Crippen LogP contribution in [-0.4, -0.2) is 80.6 Å². The minimum Gasteiger partial charge on any atom is -0.477 e. The van der Waals surface area contributed by atoms with E-state index in [9.17, 15) is 19.5 Å². The third kappa shape index (κ3) is 37.4. The second-order valence-corrected chi connectivity index (χ2v) is 17.0. The van der Waals surface area contributed by atoms with Crippen molar-refractivity contribution in [3.05, 3.63) is 12.2 Å². The molecular weight excluding hydrogens is 691 g/mol. The summed E-state index contributed by atoms with van der Waals surface area (Å²) in [4.78, 5) is 37.0. The smallest absolute Gasteiger partial charge is 0.362 e. The van der Waals surface area contributed by atoms with Crippen LogP contribution in [0.5, 0.6) is 0 Å². The molecular formula is C47H90NO7+. The van der Waals surface area contributed by atoms with Gasteiger partial charge in [0.25, 0.3) is 0 Å². The van der Waals surface area contributed by atoms with Gasteiger partial charge in [0.05, 0.1) is 34.4 Å². The Labute approximate surface area is 339 Å². The molecule has 0 spiro atoms. The molecule has 0 rings (SSSR count). The molecule has 8 nitrogen and oxygen atoms in total. The number of likely N-dealkylation sites (N-methyl/N-ethyl adjacent to an activating group) is 1. The molecule has 0 amide bonds. The Morgan fingerprint density at radius 2 is 0.909 bits per heavy atom. The lowest BCUT2D eigenvalue weighted by atomic mass is 10.0. The first-order valence-electron chi connectivity index (χ1n) is 23.2. The monoisotopic (exact) mass is 781 g/mol. The van der Waals surface area contributed by atoms with Crippen LogP contribution < -0.4 is 0 Å². The van der Waals surface area contributed by atoms with Gasteiger partial charge in [-0.15, -0.1) is 0 Å². The van der Waals surface area contributed by atoms with Crippen molar-refractivity contribution in [3.63, 3.8) is 0 Å². The number of carboxylic acid groups (broad SMARTS) is 1. The molecule has 0 aliphatic carbocycles. The number of aliphatic carboxylic acids is 1. The van der Waals surface area contributed by atoms with Crippen molar-refractivity contribution >= 4 is 17.9 Å². The standard InChI is InChI=1S/C47H89NO7/c1-6-8-10-12-14-16-18-20-21-22-23-24-26-27-29-31-33-35-37-45(49)54-42-43(41-53-40-39-44(47(51)52)48(3,4)5)55-46(50)38-36-34-32-30-28-25-19-17-15-13-11-9-7-2/h17,19,43-44H,6-16,18,20-42H2,1-5H3/p+1/b19-17-. The maximum Gasteiger partial charge on any atom is 0.362 e. The van der Waals surface area contributed by atoms with Crippen LogP contribution in [0.1, 0.15) is 219 Å². The Morgan fingerprint density at radius 3 is 1.33 bits per heavy atom. The first-order chi connectivity index (χ1) is 26.6. The van der Waals surface area contributed by atoms with Gasteiger partial charge in [0, 0.05) is 19.3 Å². The van der Waals surface area contributed by atoms with E-state index < -0.39 is 18.1 Å². The number of quaternary nitrogens is 1. The molecule has 0 heterocycles. The average Bonchev–Trinajstić information content (AvgIpc) is 3.14. The molecule has 0 fully saturated rings. The van der Waals surface area contributed by atoms with Crippen LogP contribution in [0, 0.1) is 0 Å². The van der Waals surface area contributed by atoms with E-state index in [1.54, 1.807) is 0 Å². The Morgan fingerprint density at radius 1 is 0.527 bits per heavy atom. The first-order valence-corrected chi connectivity index (χ1v) is 23.2. The number of ether oxygens (including phenoxy) is 3. The number of carbonyl (C=O) groups excluding carboxylic acids is 2. The number of hydrogen-bond acceptors (Lipinski definition) is 6. The number of carbonyl (C=O) groups is 3. The predicted octanol–water partition coefficient (Wildman–Crippen LogP) is 12.7. The molecule has 0 bridgehead atoms. The Kier molecular flexibility index (Phi) is 37.6. The van der Waals surface area contributed by atoms with E-state index >= 15 is 0 Å². The summed E-state index contributed by atoms with van der Waals surface area (Å²) in [5, 5.41) is 9.62. The summed E-state index contributed by atoms with van der Waals surface area (Å²) in [5.74, 6) is -1.46. The highest BCUT2D eigenvalue weighted by Gasteiger charge is 2.31. The van der Waals surface area contributed by atoms with Gasteiger partial charge < -0.3 is 23.8 Å². The van der Waals surface area contributed by atoms with E-state index in [4.69, 9.17) is 14.2 Å². The number of nitrogens with zero attached hydrogens (tertiary/aromatic N) is 1. The van der Waals surface area contributed by atoms with Crippen LogP contribution in [0.4, 0.5) is 0 Å². The summed E-state index contributed by atoms with van der Waals surface area (Å²) in [6, 6.07) is -0.611. The van der Waals surface area contributed by atoms with Crippen molar-refractivity contribution in [1.82, 2.24) is 0 Å². The zero-order valence-corrected chi connectivity index (χ0v) is 36.9. The van der Waals surface area contributed by atoms with Gasteiger partial charge in [-0.05, 0) is 38.5 Å². The van der Waals surface area contributed by atoms with Gasteiger partial charge in [-0.2, -0.15) is 0 Å². The third-order valence-corrected chi connectivity index (χ3v) is 10.7. The fourth-order valence-corrected chi connectivity index (χ4v) is 7.03. The third-order valence-electron chi connectivity index (χ3n) is 10.7. The molecule has 0 aromatic carbocycles. The minimum atomic E-state index is -0.873. The molecule has 0 saturated carbocycles. The largest absolute Gasteiger partial charge is 0.477 e. The summed E-state index contributed by atoms with van der Waals surface area (Å²) in [7, 11) is 5.53. The van der Waals surface area contributed by atoms with E-state index in [0.29, 0.717) is 19.3 Å². The molecule has 1 N–H and O–H groups in total. The number of carboxylic acids is 1. The van der Waals surface area contributed by atoms with Crippen LogP contribution in [0.15, 0.2) is 12.2 Å². The van der Waals surface area contributed by atoms with Gasteiger partial charge in [0.1, 0.15) is 6.61 Å². The minimum absolute atomic E-state index is 0.0482. The van der Waals surface area contributed by atoms with E-state index in [0.717, 1.165) is 51.4 Å². The highest BCUT2D eigenvalue weighted by molar-refractivity contribution is 5.72. The van der Waals surface area contributed by atoms with Crippen LogP contribution in [-0.2, 0) is 28.6 Å². The normalized spacial score (nSPS) is 13.0. The summed E-state index contributed by atoms with van der Waals surface area (Å²) >= 11 is 0. The van der Waals surface area contributed by atoms with Gasteiger partial charge >= 0.3 is 17.9 Å². The number of unbranched alkanes of at least 4 members (excludes halogenated alkanes) is 26. The van der Waals surface area contributed by atoms with E-state index in [1.165, 1.54) is 135 Å². The Hall–Kier alpha value is -1.93. The second-order valence-electron chi connectivity index (χ2n) is 17.0. The van der Waals surface area contributed by atoms with Crippen molar-refractivity contribution in [2.45, 2.75) is 231 Å². The predicted molar refractivity (Wildman–Crippen MR) is 229 cm³/mol. The van der Waals surface area contributed by atoms with Gasteiger partial charge in [-0.1, -0.05) is 174 Å². The highest BCUT2D eigenvalue weighted by Crippen LogP contribution is 2.16. The summed E-state index contributed by atoms with van der Waals surface area (Å²) in [6.45, 7) is 4.74. The number of hydrogen-bond donors (Lipinski definition) is 1. The van der Waals surface area contributed by atoms with Gasteiger partial charge in [-0.25, -0.2) is 4.79 Å². The van der Waals surface area contributed by atoms with Gasteiger partial charge in [0.2, 0.25) is 0 Å². The van der Waals surface area contributed by atoms with Crippen LogP contribution in [0.25, 0.3) is 0 Å². The van der Waals surface area contributed by atoms with E-state index in [2.05, 4.69) is 26.0 Å². The molecule has 324 valence electrons. The van der Waals surface area contributed by atoms with Crippen molar-refractivity contribution in [2.24, 2.45) is 0 Å². The molecule has 0 aromatic heterocycles. The zero-order valence-electron chi connectivity index (χ0n) is 36.9. The quantitative estimate of drug-likeness (QED) is 0.0285. The molecule has 8 heteroatoms. The van der Waals surface area contributed by atoms with Crippen molar-refractivity contribution in [2.75, 3.05) is 41.0 Å². The SMILES string of the molecule is CCCCCC/C=C\CCCCCCCC(=O)OC(COCCC(C(=O)O)[N+](C)(C)C)COC(=O)CCCCCCCCCCCCCCCCCCCC. The van der Waals surface area contributed by atoms with Crippen molar-refractivity contribution in [3.8, 4) is 0 Å². The maximum absolute atomic E-state index is 12.7. The summed E-state index contributed by atoms with van der Waals surface area (Å²) in [5.41, 5.74) is 0. The average molecular weight is 781 g/mol. The maximum atomic E-state index is 12.7. The topological polar surface area (TPSA) is 99.1 Å². The summed E-state index contributed by atoms with van der Waals surface area (Å²) < 4.78 is 17.3. The molecule has 2 atom stereocenters. The fraction of sp³-hybridized carbons (Fsp3) is 0.894. The zero-order chi connectivity index (χ0) is 40.7. The number of rotatable bonds is 42. The lowest BCUT2D eigenvalue weighted by Gasteiger charge is -2.31. The van der Waals surface area contributed by atoms with E-state index in [-0.39, 0.29) is 36.2 Å². The Bertz CT molecular complexity index is 915. The first kappa shape index (κ1) is 53.1. The summed E-state index contributed by atoms with van der Waals surface area (Å²) in [6.07, 6.45) is 41.1. The number of esters is 2. The van der Waals surface area contributed by atoms with Crippen LogP contribution >= 0.6 is 0 Å². The lowest BCUT2D eigenvalue weighted by Crippen LogP contribution is -2.50. The van der Waals surface area contributed by atoms with Gasteiger partial charge in [0.15, 0.2) is 12.1 Å². The molecule has 0 radical (unpaired) electrons. The second kappa shape index (κ2) is 38.9. The molecule has 55 heavy (non-hydrogen) atoms. The molecule has 0 saturated heterocycles. The van der Waals surface area contributed by atoms with Crippen LogP contribution in [0.2, 0.25) is 0 Å². The lowest BCUT2D eigenvalue weighted by molar-refractivity contribution is -0.887. The fourth-order valence-electron chi connectivity index (χ4n) is 7.03. The molecule has 0 aliphatic rings. The van der Waals surface area contributed by atoms with Crippen LogP contribution in [0.3, 0.4) is 0 Å². The van der Waals surface area contributed by atoms with Gasteiger partial charge in [-0.3, -0.25) is 9.59 Å².